The Balaban J connectivity index is 1.28. The van der Waals surface area contributed by atoms with Crippen LogP contribution in [0.5, 0.6) is 0 Å². The molecule has 6 aromatic rings. The van der Waals surface area contributed by atoms with E-state index in [1.165, 1.54) is 66.1 Å². The molecule has 0 aliphatic heterocycles. The first-order valence-corrected chi connectivity index (χ1v) is 15.3. The molecule has 204 valence electrons. The van der Waals surface area contributed by atoms with Gasteiger partial charge in [0.15, 0.2) is 0 Å². The molecule has 0 aromatic heterocycles. The van der Waals surface area contributed by atoms with E-state index in [9.17, 15) is 0 Å². The van der Waals surface area contributed by atoms with E-state index in [0.29, 0.717) is 0 Å². The van der Waals surface area contributed by atoms with E-state index >= 15 is 0 Å². The van der Waals surface area contributed by atoms with Crippen LogP contribution >= 0.6 is 0 Å². The Labute approximate surface area is 249 Å². The molecular weight excluding hydrogens is 504 g/mol. The molecule has 0 fully saturated rings. The summed E-state index contributed by atoms with van der Waals surface area (Å²) in [5, 5.41) is 5.24. The van der Waals surface area contributed by atoms with Gasteiger partial charge in [-0.2, -0.15) is 0 Å². The second kappa shape index (κ2) is 9.04. The van der Waals surface area contributed by atoms with E-state index in [2.05, 4.69) is 149 Å². The van der Waals surface area contributed by atoms with Gasteiger partial charge in [-0.05, 0) is 101 Å². The summed E-state index contributed by atoms with van der Waals surface area (Å²) in [7, 11) is 0. The Kier molecular flexibility index (Phi) is 5.44. The van der Waals surface area contributed by atoms with E-state index in [-0.39, 0.29) is 10.8 Å². The van der Waals surface area contributed by atoms with Crippen molar-refractivity contribution in [3.63, 3.8) is 0 Å². The Bertz CT molecular complexity index is 1920. The topological polar surface area (TPSA) is 0 Å². The minimum atomic E-state index is 0.0717. The second-order valence-electron chi connectivity index (χ2n) is 13.7. The van der Waals surface area contributed by atoms with Gasteiger partial charge in [0.25, 0.3) is 0 Å². The maximum Gasteiger partial charge on any atom is -0.00538 e. The molecule has 0 N–H and O–H groups in total. The van der Waals surface area contributed by atoms with Crippen molar-refractivity contribution >= 4 is 32.7 Å². The lowest BCUT2D eigenvalue weighted by Crippen LogP contribution is -2.17. The van der Waals surface area contributed by atoms with Gasteiger partial charge >= 0.3 is 0 Å². The molecule has 0 nitrogen and oxygen atoms in total. The number of allylic oxidation sites excluding steroid dienone is 2. The first-order chi connectivity index (χ1) is 20.3. The van der Waals surface area contributed by atoms with Crippen LogP contribution in [0.15, 0.2) is 121 Å². The molecule has 0 amide bonds. The Morgan fingerprint density at radius 1 is 0.405 bits per heavy atom. The summed E-state index contributed by atoms with van der Waals surface area (Å²) >= 11 is 0. The summed E-state index contributed by atoms with van der Waals surface area (Å²) in [5.41, 5.74) is 14.4. The third kappa shape index (κ3) is 3.82. The van der Waals surface area contributed by atoms with Crippen LogP contribution in [-0.2, 0) is 12.8 Å². The highest BCUT2D eigenvalue weighted by Gasteiger charge is 2.43. The van der Waals surface area contributed by atoms with Crippen LogP contribution in [0.25, 0.3) is 54.9 Å². The molecule has 0 atom stereocenters. The van der Waals surface area contributed by atoms with Crippen molar-refractivity contribution < 1.29 is 0 Å². The standard InChI is InChI=1S/C42H36/c1-41(2)25-31-23-29(35-17-9-13-27-11-5-7-15-33(27)35)19-21-37(31)39(41)40-38-22-20-30(24-32(38)26-42(40,3)4)36-18-10-14-28-12-6-8-16-34(28)36/h5-24H,25-26H2,1-4H3/b40-39+. The van der Waals surface area contributed by atoms with E-state index in [0.717, 1.165) is 12.8 Å². The summed E-state index contributed by atoms with van der Waals surface area (Å²) in [6.45, 7) is 9.80. The van der Waals surface area contributed by atoms with Gasteiger partial charge in [0, 0.05) is 0 Å². The van der Waals surface area contributed by atoms with Crippen molar-refractivity contribution in [2.45, 2.75) is 40.5 Å². The molecule has 0 unspecified atom stereocenters. The lowest BCUT2D eigenvalue weighted by Gasteiger charge is -2.30. The molecule has 42 heavy (non-hydrogen) atoms. The van der Waals surface area contributed by atoms with Crippen molar-refractivity contribution in [2.24, 2.45) is 10.8 Å². The third-order valence-electron chi connectivity index (χ3n) is 9.82. The zero-order valence-corrected chi connectivity index (χ0v) is 25.0. The van der Waals surface area contributed by atoms with Crippen LogP contribution in [0.4, 0.5) is 0 Å². The summed E-state index contributed by atoms with van der Waals surface area (Å²) in [6, 6.07) is 45.3. The lowest BCUT2D eigenvalue weighted by molar-refractivity contribution is 0.495. The predicted octanol–water partition coefficient (Wildman–Crippen LogP) is 11.4. The monoisotopic (exact) mass is 540 g/mol. The fraction of sp³-hybridized carbons (Fsp3) is 0.190. The fourth-order valence-electron chi connectivity index (χ4n) is 8.06. The summed E-state index contributed by atoms with van der Waals surface area (Å²) < 4.78 is 0. The number of rotatable bonds is 2. The molecule has 0 radical (unpaired) electrons. The quantitative estimate of drug-likeness (QED) is 0.205. The van der Waals surface area contributed by atoms with Gasteiger partial charge in [0.1, 0.15) is 0 Å². The maximum absolute atomic E-state index is 2.47. The van der Waals surface area contributed by atoms with Gasteiger partial charge in [-0.1, -0.05) is 149 Å². The fourth-order valence-corrected chi connectivity index (χ4v) is 8.06. The minimum Gasteiger partial charge on any atom is -0.0616 e. The maximum atomic E-state index is 2.47. The van der Waals surface area contributed by atoms with Crippen molar-refractivity contribution in [1.82, 2.24) is 0 Å². The minimum absolute atomic E-state index is 0.0717. The van der Waals surface area contributed by atoms with Crippen LogP contribution in [0.3, 0.4) is 0 Å². The van der Waals surface area contributed by atoms with E-state index in [1.807, 2.05) is 0 Å². The molecular formula is C42H36. The van der Waals surface area contributed by atoms with Crippen molar-refractivity contribution in [3.8, 4) is 22.3 Å². The Hall–Kier alpha value is -4.42. The van der Waals surface area contributed by atoms with Gasteiger partial charge in [-0.3, -0.25) is 0 Å². The molecule has 2 aliphatic carbocycles. The highest BCUT2D eigenvalue weighted by molar-refractivity contribution is 6.03. The molecule has 0 saturated heterocycles. The number of benzene rings is 6. The van der Waals surface area contributed by atoms with E-state index < -0.39 is 0 Å². The largest absolute Gasteiger partial charge is 0.0616 e. The molecule has 0 heteroatoms. The Morgan fingerprint density at radius 3 is 1.26 bits per heavy atom. The van der Waals surface area contributed by atoms with Crippen LogP contribution < -0.4 is 0 Å². The van der Waals surface area contributed by atoms with Crippen molar-refractivity contribution in [1.29, 1.82) is 0 Å². The van der Waals surface area contributed by atoms with Crippen molar-refractivity contribution in [2.75, 3.05) is 0 Å². The SMILES string of the molecule is CC1(C)Cc2cc(-c3cccc4ccccc34)ccc2/C1=C1/c2ccc(-c3cccc4ccccc34)cc2CC1(C)C. The molecule has 0 spiro atoms. The van der Waals surface area contributed by atoms with Crippen LogP contribution in [0.2, 0.25) is 0 Å². The zero-order chi connectivity index (χ0) is 28.6. The molecule has 2 aliphatic rings. The van der Waals surface area contributed by atoms with E-state index in [4.69, 9.17) is 0 Å². The predicted molar refractivity (Wildman–Crippen MR) is 181 cm³/mol. The average molecular weight is 541 g/mol. The molecule has 0 saturated carbocycles. The number of hydrogen-bond acceptors (Lipinski definition) is 0. The molecule has 8 rings (SSSR count). The summed E-state index contributed by atoms with van der Waals surface area (Å²) in [5.74, 6) is 0. The van der Waals surface area contributed by atoms with Crippen LogP contribution in [-0.4, -0.2) is 0 Å². The molecule has 0 heterocycles. The van der Waals surface area contributed by atoms with Crippen molar-refractivity contribution in [3.05, 3.63) is 144 Å². The van der Waals surface area contributed by atoms with Gasteiger partial charge in [0.2, 0.25) is 0 Å². The zero-order valence-electron chi connectivity index (χ0n) is 25.0. The third-order valence-corrected chi connectivity index (χ3v) is 9.82. The normalized spacial score (nSPS) is 18.4. The van der Waals surface area contributed by atoms with Gasteiger partial charge in [0.05, 0.1) is 0 Å². The van der Waals surface area contributed by atoms with Gasteiger partial charge < -0.3 is 0 Å². The summed E-state index contributed by atoms with van der Waals surface area (Å²) in [6.07, 6.45) is 2.14. The second-order valence-corrected chi connectivity index (χ2v) is 13.7. The average Bonchev–Trinajstić information content (AvgIpc) is 3.41. The first kappa shape index (κ1) is 25.3. The summed E-state index contributed by atoms with van der Waals surface area (Å²) in [4.78, 5) is 0. The highest BCUT2D eigenvalue weighted by atomic mass is 14.5. The molecule has 6 aromatic carbocycles. The molecule has 0 bridgehead atoms. The Morgan fingerprint density at radius 2 is 0.810 bits per heavy atom. The lowest BCUT2D eigenvalue weighted by atomic mass is 9.74. The number of hydrogen-bond donors (Lipinski definition) is 0. The van der Waals surface area contributed by atoms with E-state index in [1.54, 1.807) is 11.1 Å². The van der Waals surface area contributed by atoms with Gasteiger partial charge in [-0.15, -0.1) is 0 Å². The first-order valence-electron chi connectivity index (χ1n) is 15.3. The van der Waals surface area contributed by atoms with Crippen LogP contribution in [0.1, 0.15) is 49.9 Å². The van der Waals surface area contributed by atoms with Gasteiger partial charge in [-0.25, -0.2) is 0 Å². The highest BCUT2D eigenvalue weighted by Crippen LogP contribution is 2.58. The van der Waals surface area contributed by atoms with Crippen LogP contribution in [0, 0.1) is 10.8 Å². The smallest absolute Gasteiger partial charge is 0.00538 e. The number of fused-ring (bicyclic) bond motifs is 4.